The summed E-state index contributed by atoms with van der Waals surface area (Å²) in [6.07, 6.45) is 2.54. The van der Waals surface area contributed by atoms with Gasteiger partial charge in [0.15, 0.2) is 12.4 Å². The fraction of sp³-hybridized carbons (Fsp3) is 0.158. The SMILES string of the molecule is COc1ccc(C(=O)COC(=O)/C=C/c2ccc(OC(F)F)cc2)cc1Cl. The van der Waals surface area contributed by atoms with Crippen LogP contribution in [0.25, 0.3) is 6.08 Å². The van der Waals surface area contributed by atoms with Gasteiger partial charge in [0.1, 0.15) is 11.5 Å². The minimum atomic E-state index is -2.90. The Labute approximate surface area is 159 Å². The van der Waals surface area contributed by atoms with Crippen molar-refractivity contribution in [2.75, 3.05) is 13.7 Å². The smallest absolute Gasteiger partial charge is 0.387 e. The number of alkyl halides is 2. The second-order valence-electron chi connectivity index (χ2n) is 5.16. The summed E-state index contributed by atoms with van der Waals surface area (Å²) in [5, 5.41) is 0.272. The Balaban J connectivity index is 1.87. The molecule has 0 aromatic heterocycles. The second-order valence-corrected chi connectivity index (χ2v) is 5.57. The lowest BCUT2D eigenvalue weighted by Gasteiger charge is -2.06. The van der Waals surface area contributed by atoms with E-state index in [1.165, 1.54) is 49.6 Å². The number of benzene rings is 2. The molecule has 0 fully saturated rings. The average molecular weight is 397 g/mol. The van der Waals surface area contributed by atoms with Gasteiger partial charge in [0, 0.05) is 11.6 Å². The summed E-state index contributed by atoms with van der Waals surface area (Å²) >= 11 is 5.95. The minimum Gasteiger partial charge on any atom is -0.495 e. The molecule has 0 amide bonds. The molecule has 2 aromatic carbocycles. The summed E-state index contributed by atoms with van der Waals surface area (Å²) in [4.78, 5) is 23.7. The molecule has 2 rings (SSSR count). The van der Waals surface area contributed by atoms with Crippen molar-refractivity contribution in [1.82, 2.24) is 0 Å². The van der Waals surface area contributed by atoms with E-state index in [1.54, 1.807) is 6.07 Å². The minimum absolute atomic E-state index is 0.00785. The number of methoxy groups -OCH3 is 1. The third-order valence-electron chi connectivity index (χ3n) is 3.34. The maximum absolute atomic E-state index is 12.1. The molecule has 0 aliphatic heterocycles. The zero-order valence-corrected chi connectivity index (χ0v) is 14.9. The highest BCUT2D eigenvalue weighted by atomic mass is 35.5. The van der Waals surface area contributed by atoms with E-state index in [4.69, 9.17) is 21.1 Å². The Morgan fingerprint density at radius 3 is 2.44 bits per heavy atom. The van der Waals surface area contributed by atoms with Gasteiger partial charge in [-0.05, 0) is 42.0 Å². The number of carbonyl (C=O) groups is 2. The van der Waals surface area contributed by atoms with Crippen LogP contribution in [0.3, 0.4) is 0 Å². The molecule has 0 radical (unpaired) electrons. The van der Waals surface area contributed by atoms with Crippen LogP contribution in [-0.2, 0) is 9.53 Å². The van der Waals surface area contributed by atoms with E-state index in [1.807, 2.05) is 0 Å². The molecule has 5 nitrogen and oxygen atoms in total. The van der Waals surface area contributed by atoms with Crippen LogP contribution >= 0.6 is 11.6 Å². The van der Waals surface area contributed by atoms with Gasteiger partial charge < -0.3 is 14.2 Å². The number of carbonyl (C=O) groups excluding carboxylic acids is 2. The van der Waals surface area contributed by atoms with Crippen molar-refractivity contribution in [3.05, 3.63) is 64.7 Å². The van der Waals surface area contributed by atoms with Crippen molar-refractivity contribution in [2.45, 2.75) is 6.61 Å². The van der Waals surface area contributed by atoms with E-state index >= 15 is 0 Å². The molecule has 0 spiro atoms. The van der Waals surface area contributed by atoms with E-state index in [9.17, 15) is 18.4 Å². The highest BCUT2D eigenvalue weighted by Crippen LogP contribution is 2.25. The van der Waals surface area contributed by atoms with Gasteiger partial charge in [-0.25, -0.2) is 4.79 Å². The molecule has 0 bridgehead atoms. The first-order valence-corrected chi connectivity index (χ1v) is 8.03. The van der Waals surface area contributed by atoms with Gasteiger partial charge in [0.2, 0.25) is 0 Å². The van der Waals surface area contributed by atoms with Crippen LogP contribution in [0.1, 0.15) is 15.9 Å². The van der Waals surface area contributed by atoms with Crippen molar-refractivity contribution in [2.24, 2.45) is 0 Å². The molecule has 142 valence electrons. The van der Waals surface area contributed by atoms with Gasteiger partial charge >= 0.3 is 12.6 Å². The monoisotopic (exact) mass is 396 g/mol. The predicted molar refractivity (Wildman–Crippen MR) is 95.4 cm³/mol. The lowest BCUT2D eigenvalue weighted by molar-refractivity contribution is -0.136. The first-order valence-electron chi connectivity index (χ1n) is 7.65. The standard InChI is InChI=1S/C19H15ClF2O5/c1-25-17-8-5-13(10-15(17)20)16(23)11-26-18(24)9-4-12-2-6-14(7-3-12)27-19(21)22/h2-10,19H,11H2,1H3/b9-4+. The molecule has 0 aliphatic carbocycles. The topological polar surface area (TPSA) is 61.8 Å². The van der Waals surface area contributed by atoms with E-state index in [0.29, 0.717) is 11.3 Å². The highest BCUT2D eigenvalue weighted by molar-refractivity contribution is 6.32. The summed E-state index contributed by atoms with van der Waals surface area (Å²) in [5.74, 6) is -0.711. The third kappa shape index (κ3) is 6.38. The Hall–Kier alpha value is -2.93. The zero-order chi connectivity index (χ0) is 19.8. The van der Waals surface area contributed by atoms with E-state index in [-0.39, 0.29) is 16.3 Å². The van der Waals surface area contributed by atoms with Crippen molar-refractivity contribution >= 4 is 29.4 Å². The molecule has 8 heteroatoms. The van der Waals surface area contributed by atoms with Crippen LogP contribution in [0.15, 0.2) is 48.5 Å². The van der Waals surface area contributed by atoms with Crippen LogP contribution in [0.5, 0.6) is 11.5 Å². The molecule has 2 aromatic rings. The predicted octanol–water partition coefficient (Wildman–Crippen LogP) is 4.39. The highest BCUT2D eigenvalue weighted by Gasteiger charge is 2.11. The number of esters is 1. The summed E-state index contributed by atoms with van der Waals surface area (Å²) in [6, 6.07) is 10.1. The molecule has 0 unspecified atom stereocenters. The third-order valence-corrected chi connectivity index (χ3v) is 3.63. The van der Waals surface area contributed by atoms with Crippen molar-refractivity contribution < 1.29 is 32.6 Å². The molecule has 0 saturated carbocycles. The van der Waals surface area contributed by atoms with Crippen molar-refractivity contribution in [3.8, 4) is 11.5 Å². The van der Waals surface area contributed by atoms with Gasteiger partial charge in [-0.2, -0.15) is 8.78 Å². The Morgan fingerprint density at radius 2 is 1.85 bits per heavy atom. The number of ketones is 1. The Bertz CT molecular complexity index is 834. The zero-order valence-electron chi connectivity index (χ0n) is 14.2. The van der Waals surface area contributed by atoms with Gasteiger partial charge in [-0.1, -0.05) is 23.7 Å². The van der Waals surface area contributed by atoms with E-state index in [0.717, 1.165) is 6.08 Å². The fourth-order valence-corrected chi connectivity index (χ4v) is 2.29. The lowest BCUT2D eigenvalue weighted by atomic mass is 10.1. The number of rotatable bonds is 8. The molecular weight excluding hydrogens is 382 g/mol. The maximum Gasteiger partial charge on any atom is 0.387 e. The molecule has 0 aliphatic rings. The summed E-state index contributed by atoms with van der Waals surface area (Å²) in [5.41, 5.74) is 0.856. The number of hydrogen-bond donors (Lipinski definition) is 0. The molecule has 27 heavy (non-hydrogen) atoms. The maximum atomic E-state index is 12.1. The van der Waals surface area contributed by atoms with E-state index < -0.39 is 25.0 Å². The molecule has 0 atom stereocenters. The van der Waals surface area contributed by atoms with Crippen molar-refractivity contribution in [1.29, 1.82) is 0 Å². The number of hydrogen-bond acceptors (Lipinski definition) is 5. The Kier molecular flexibility index (Phi) is 7.31. The average Bonchev–Trinajstić information content (AvgIpc) is 2.65. The van der Waals surface area contributed by atoms with Crippen LogP contribution in [0, 0.1) is 0 Å². The van der Waals surface area contributed by atoms with Crippen LogP contribution in [-0.4, -0.2) is 32.1 Å². The Morgan fingerprint density at radius 1 is 1.15 bits per heavy atom. The first kappa shape index (κ1) is 20.4. The first-order chi connectivity index (χ1) is 12.9. The largest absolute Gasteiger partial charge is 0.495 e. The van der Waals surface area contributed by atoms with Gasteiger partial charge in [0.25, 0.3) is 0 Å². The van der Waals surface area contributed by atoms with Crippen LogP contribution in [0.4, 0.5) is 8.78 Å². The van der Waals surface area contributed by atoms with Gasteiger partial charge in [-0.15, -0.1) is 0 Å². The molecule has 0 N–H and O–H groups in total. The summed E-state index contributed by atoms with van der Waals surface area (Å²) in [7, 11) is 1.45. The quantitative estimate of drug-likeness (QED) is 0.376. The number of ether oxygens (including phenoxy) is 3. The van der Waals surface area contributed by atoms with E-state index in [2.05, 4.69) is 4.74 Å². The fourth-order valence-electron chi connectivity index (χ4n) is 2.03. The van der Waals surface area contributed by atoms with Gasteiger partial charge in [-0.3, -0.25) is 4.79 Å². The normalized spacial score (nSPS) is 10.9. The van der Waals surface area contributed by atoms with Crippen LogP contribution in [0.2, 0.25) is 5.02 Å². The van der Waals surface area contributed by atoms with Gasteiger partial charge in [0.05, 0.1) is 12.1 Å². The summed E-state index contributed by atoms with van der Waals surface area (Å²) < 4.78 is 38.2. The molecular formula is C19H15ClF2O5. The second kappa shape index (κ2) is 9.68. The number of halogens is 3. The number of Topliss-reactive ketones (excluding diaryl/α,β-unsaturated/α-hetero) is 1. The molecule has 0 saturated heterocycles. The molecule has 0 heterocycles. The summed E-state index contributed by atoms with van der Waals surface area (Å²) in [6.45, 7) is -3.35. The lowest BCUT2D eigenvalue weighted by Crippen LogP contribution is -2.12. The van der Waals surface area contributed by atoms with Crippen LogP contribution < -0.4 is 9.47 Å². The van der Waals surface area contributed by atoms with Crippen molar-refractivity contribution in [3.63, 3.8) is 0 Å².